The van der Waals surface area contributed by atoms with Gasteiger partial charge in [0.1, 0.15) is 0 Å². The molecule has 0 aromatic rings. The number of hydrogen-bond donors (Lipinski definition) is 0. The molecule has 3 unspecified atom stereocenters. The molecule has 100 valence electrons. The highest BCUT2D eigenvalue weighted by Gasteiger charge is 2.28. The molecule has 0 saturated carbocycles. The molecule has 0 bridgehead atoms. The van der Waals surface area contributed by atoms with Crippen LogP contribution in [0, 0.1) is 5.92 Å². The molecule has 3 nitrogen and oxygen atoms in total. The normalized spacial score (nSPS) is 24.4. The van der Waals surface area contributed by atoms with Crippen LogP contribution in [0.25, 0.3) is 0 Å². The van der Waals surface area contributed by atoms with Crippen molar-refractivity contribution in [2.75, 3.05) is 19.7 Å². The fourth-order valence-corrected chi connectivity index (χ4v) is 2.02. The lowest BCUT2D eigenvalue weighted by Crippen LogP contribution is -2.16. The molecular weight excluding hydrogens is 214 g/mol. The second-order valence-electron chi connectivity index (χ2n) is 5.19. The summed E-state index contributed by atoms with van der Waals surface area (Å²) in [6.45, 7) is 9.18. The van der Waals surface area contributed by atoms with Crippen LogP contribution in [0.5, 0.6) is 0 Å². The van der Waals surface area contributed by atoms with E-state index < -0.39 is 0 Å². The van der Waals surface area contributed by atoms with Crippen LogP contribution in [0.1, 0.15) is 52.9 Å². The molecule has 0 aromatic heterocycles. The topological polar surface area (TPSA) is 29.3 Å². The number of carbonyl (C=O) groups is 1. The van der Waals surface area contributed by atoms with Crippen LogP contribution in [-0.2, 0) is 9.53 Å². The number of rotatable bonds is 9. The van der Waals surface area contributed by atoms with Crippen molar-refractivity contribution in [2.45, 2.75) is 58.9 Å². The Morgan fingerprint density at radius 1 is 1.47 bits per heavy atom. The van der Waals surface area contributed by atoms with Crippen LogP contribution in [0.15, 0.2) is 0 Å². The Balaban J connectivity index is 2.04. The van der Waals surface area contributed by atoms with Crippen molar-refractivity contribution in [3.63, 3.8) is 0 Å². The lowest BCUT2D eigenvalue weighted by atomic mass is 10.0. The Hall–Kier alpha value is -0.570. The number of esters is 1. The molecule has 0 aromatic carbocycles. The highest BCUT2D eigenvalue weighted by molar-refractivity contribution is 5.69. The molecule has 0 radical (unpaired) electrons. The molecule has 1 fully saturated rings. The fraction of sp³-hybridized carbons (Fsp3) is 0.929. The molecule has 1 rings (SSSR count). The van der Waals surface area contributed by atoms with Gasteiger partial charge >= 0.3 is 5.97 Å². The average molecular weight is 241 g/mol. The van der Waals surface area contributed by atoms with E-state index in [-0.39, 0.29) is 5.97 Å². The van der Waals surface area contributed by atoms with Crippen molar-refractivity contribution in [2.24, 2.45) is 5.92 Å². The number of ether oxygens (including phenoxy) is 1. The maximum atomic E-state index is 11.5. The van der Waals surface area contributed by atoms with E-state index in [4.69, 9.17) is 4.74 Å². The summed E-state index contributed by atoms with van der Waals surface area (Å²) in [7, 11) is 0. The zero-order chi connectivity index (χ0) is 12.7. The molecule has 0 amide bonds. The molecule has 1 aliphatic heterocycles. The highest BCUT2D eigenvalue weighted by atomic mass is 16.5. The molecule has 1 saturated heterocycles. The van der Waals surface area contributed by atoms with Crippen LogP contribution in [0.3, 0.4) is 0 Å². The molecule has 1 heterocycles. The smallest absolute Gasteiger partial charge is 0.307 e. The zero-order valence-corrected chi connectivity index (χ0v) is 11.6. The van der Waals surface area contributed by atoms with Crippen molar-refractivity contribution < 1.29 is 9.53 Å². The average Bonchev–Trinajstić information content (AvgIpc) is 3.03. The largest absolute Gasteiger partial charge is 0.465 e. The van der Waals surface area contributed by atoms with E-state index in [9.17, 15) is 4.79 Å². The summed E-state index contributed by atoms with van der Waals surface area (Å²) in [4.78, 5) is 13.8. The monoisotopic (exact) mass is 241 g/mol. The minimum Gasteiger partial charge on any atom is -0.465 e. The highest BCUT2D eigenvalue weighted by Crippen LogP contribution is 2.16. The van der Waals surface area contributed by atoms with E-state index in [1.807, 2.05) is 0 Å². The quantitative estimate of drug-likeness (QED) is 0.459. The van der Waals surface area contributed by atoms with Gasteiger partial charge in [0.05, 0.1) is 13.0 Å². The maximum Gasteiger partial charge on any atom is 0.307 e. The first-order valence-corrected chi connectivity index (χ1v) is 7.07. The molecule has 17 heavy (non-hydrogen) atoms. The summed E-state index contributed by atoms with van der Waals surface area (Å²) in [5, 5.41) is 0. The maximum absolute atomic E-state index is 11.5. The van der Waals surface area contributed by atoms with E-state index in [2.05, 4.69) is 25.7 Å². The Bertz CT molecular complexity index is 230. The van der Waals surface area contributed by atoms with Crippen molar-refractivity contribution in [1.82, 2.24) is 4.90 Å². The van der Waals surface area contributed by atoms with Gasteiger partial charge in [-0.3, -0.25) is 9.69 Å². The standard InChI is InChI=1S/C14H27NO2/c1-4-6-7-13(5-2)11-17-14(16)8-9-15-10-12(15)3/h12-13H,4-11H2,1-3H3. The first-order valence-electron chi connectivity index (χ1n) is 7.07. The first kappa shape index (κ1) is 14.5. The van der Waals surface area contributed by atoms with Gasteiger partial charge in [-0.15, -0.1) is 0 Å². The molecule has 3 heteroatoms. The number of unbranched alkanes of at least 4 members (excludes halogenated alkanes) is 1. The Morgan fingerprint density at radius 2 is 2.18 bits per heavy atom. The van der Waals surface area contributed by atoms with Crippen LogP contribution in [0.2, 0.25) is 0 Å². The van der Waals surface area contributed by atoms with Crippen molar-refractivity contribution in [3.05, 3.63) is 0 Å². The van der Waals surface area contributed by atoms with Crippen LogP contribution in [-0.4, -0.2) is 36.6 Å². The molecule has 3 atom stereocenters. The van der Waals surface area contributed by atoms with E-state index in [0.717, 1.165) is 19.5 Å². The molecule has 0 spiro atoms. The van der Waals surface area contributed by atoms with E-state index in [0.29, 0.717) is 25.0 Å². The second kappa shape index (κ2) is 7.70. The molecule has 1 aliphatic rings. The van der Waals surface area contributed by atoms with Gasteiger partial charge in [-0.05, 0) is 19.3 Å². The van der Waals surface area contributed by atoms with Crippen LogP contribution < -0.4 is 0 Å². The van der Waals surface area contributed by atoms with Crippen LogP contribution in [0.4, 0.5) is 0 Å². The summed E-state index contributed by atoms with van der Waals surface area (Å²) in [5.74, 6) is 0.526. The van der Waals surface area contributed by atoms with Gasteiger partial charge < -0.3 is 4.74 Å². The minimum absolute atomic E-state index is 0.0287. The number of carbonyl (C=O) groups excluding carboxylic acids is 1. The molecular formula is C14H27NO2. The van der Waals surface area contributed by atoms with Gasteiger partial charge in [0.25, 0.3) is 0 Å². The fourth-order valence-electron chi connectivity index (χ4n) is 2.02. The third-order valence-corrected chi connectivity index (χ3v) is 3.61. The molecule has 0 aliphatic carbocycles. The summed E-state index contributed by atoms with van der Waals surface area (Å²) < 4.78 is 5.34. The van der Waals surface area contributed by atoms with Gasteiger partial charge in [-0.1, -0.05) is 33.1 Å². The predicted molar refractivity (Wildman–Crippen MR) is 69.9 cm³/mol. The SMILES string of the molecule is CCCCC(CC)COC(=O)CCN1CC1C. The lowest BCUT2D eigenvalue weighted by Gasteiger charge is -2.14. The van der Waals surface area contributed by atoms with Crippen LogP contribution >= 0.6 is 0 Å². The Labute approximate surface area is 106 Å². The predicted octanol–water partition coefficient (Wildman–Crippen LogP) is 2.84. The minimum atomic E-state index is -0.0287. The van der Waals surface area contributed by atoms with E-state index in [1.165, 1.54) is 19.3 Å². The lowest BCUT2D eigenvalue weighted by molar-refractivity contribution is -0.145. The number of nitrogens with zero attached hydrogens (tertiary/aromatic N) is 1. The zero-order valence-electron chi connectivity index (χ0n) is 11.6. The van der Waals surface area contributed by atoms with Gasteiger partial charge in [-0.25, -0.2) is 0 Å². The van der Waals surface area contributed by atoms with Gasteiger partial charge in [0.2, 0.25) is 0 Å². The first-order chi connectivity index (χ1) is 8.17. The van der Waals surface area contributed by atoms with Crippen molar-refractivity contribution >= 4 is 5.97 Å². The second-order valence-corrected chi connectivity index (χ2v) is 5.19. The molecule has 0 N–H and O–H groups in total. The van der Waals surface area contributed by atoms with Crippen molar-refractivity contribution in [3.8, 4) is 0 Å². The summed E-state index contributed by atoms with van der Waals surface area (Å²) >= 11 is 0. The third kappa shape index (κ3) is 6.06. The Morgan fingerprint density at radius 3 is 2.71 bits per heavy atom. The van der Waals surface area contributed by atoms with Crippen molar-refractivity contribution in [1.29, 1.82) is 0 Å². The summed E-state index contributed by atoms with van der Waals surface area (Å²) in [6, 6.07) is 0.677. The summed E-state index contributed by atoms with van der Waals surface area (Å²) in [6.07, 6.45) is 5.30. The number of hydrogen-bond acceptors (Lipinski definition) is 3. The van der Waals surface area contributed by atoms with Gasteiger partial charge in [-0.2, -0.15) is 0 Å². The summed E-state index contributed by atoms with van der Waals surface area (Å²) in [5.41, 5.74) is 0. The van der Waals surface area contributed by atoms with E-state index >= 15 is 0 Å². The Kier molecular flexibility index (Phi) is 6.56. The van der Waals surface area contributed by atoms with Gasteiger partial charge in [0.15, 0.2) is 0 Å². The van der Waals surface area contributed by atoms with Gasteiger partial charge in [0, 0.05) is 19.1 Å². The van der Waals surface area contributed by atoms with E-state index in [1.54, 1.807) is 0 Å². The third-order valence-electron chi connectivity index (χ3n) is 3.61.